The van der Waals surface area contributed by atoms with Crippen molar-refractivity contribution in [2.75, 3.05) is 13.1 Å². The molecule has 138 valence electrons. The van der Waals surface area contributed by atoms with Gasteiger partial charge in [0.2, 0.25) is 10.0 Å². The first kappa shape index (κ1) is 18.7. The van der Waals surface area contributed by atoms with Crippen LogP contribution in [0.25, 0.3) is 5.57 Å². The van der Waals surface area contributed by atoms with E-state index in [2.05, 4.69) is 0 Å². The minimum Gasteiger partial charge on any atom is -0.207 e. The second-order valence-corrected chi connectivity index (χ2v) is 8.18. The van der Waals surface area contributed by atoms with Crippen molar-refractivity contribution < 1.29 is 21.6 Å². The van der Waals surface area contributed by atoms with Crippen LogP contribution in [0.5, 0.6) is 0 Å². The van der Waals surface area contributed by atoms with Gasteiger partial charge >= 0.3 is 6.18 Å². The van der Waals surface area contributed by atoms with E-state index in [0.29, 0.717) is 24.1 Å². The smallest absolute Gasteiger partial charge is 0.207 e. The van der Waals surface area contributed by atoms with Crippen LogP contribution in [0.1, 0.15) is 23.1 Å². The molecule has 2 aromatic rings. The van der Waals surface area contributed by atoms with Crippen molar-refractivity contribution in [3.63, 3.8) is 0 Å². The predicted molar refractivity (Wildman–Crippen MR) is 94.0 cm³/mol. The van der Waals surface area contributed by atoms with Crippen LogP contribution >= 0.6 is 0 Å². The first-order valence-corrected chi connectivity index (χ1v) is 9.55. The van der Waals surface area contributed by atoms with Gasteiger partial charge in [-0.2, -0.15) is 17.5 Å². The fourth-order valence-electron chi connectivity index (χ4n) is 2.86. The number of aryl methyl sites for hydroxylation is 1. The van der Waals surface area contributed by atoms with E-state index in [1.54, 1.807) is 24.3 Å². The number of benzene rings is 2. The molecular formula is C19H18F3NO2S. The molecule has 0 amide bonds. The first-order valence-electron chi connectivity index (χ1n) is 8.11. The highest BCUT2D eigenvalue weighted by atomic mass is 32.2. The number of sulfonamides is 1. The molecule has 7 heteroatoms. The Morgan fingerprint density at radius 3 is 2.15 bits per heavy atom. The van der Waals surface area contributed by atoms with Gasteiger partial charge in [0.15, 0.2) is 0 Å². The Kier molecular flexibility index (Phi) is 4.94. The monoisotopic (exact) mass is 381 g/mol. The van der Waals surface area contributed by atoms with Crippen LogP contribution in [0.15, 0.2) is 59.5 Å². The molecule has 0 aromatic heterocycles. The molecule has 26 heavy (non-hydrogen) atoms. The molecule has 0 atom stereocenters. The minimum atomic E-state index is -4.39. The SMILES string of the molecule is Cc1ccc(S(=O)(=O)N2CCC=C(c3ccc(C(F)(F)F)cc3)C2)cc1. The van der Waals surface area contributed by atoms with Crippen molar-refractivity contribution in [2.45, 2.75) is 24.4 Å². The van der Waals surface area contributed by atoms with Crippen LogP contribution in [0.2, 0.25) is 0 Å². The van der Waals surface area contributed by atoms with Crippen molar-refractivity contribution in [3.8, 4) is 0 Å². The van der Waals surface area contributed by atoms with Crippen LogP contribution in [0.4, 0.5) is 13.2 Å². The molecule has 0 aliphatic carbocycles. The number of nitrogens with zero attached hydrogens (tertiary/aromatic N) is 1. The Morgan fingerprint density at radius 1 is 0.962 bits per heavy atom. The molecule has 0 fully saturated rings. The summed E-state index contributed by atoms with van der Waals surface area (Å²) in [4.78, 5) is 0.219. The molecule has 0 N–H and O–H groups in total. The van der Waals surface area contributed by atoms with Gasteiger partial charge in [-0.25, -0.2) is 8.42 Å². The molecule has 0 saturated carbocycles. The van der Waals surface area contributed by atoms with Crippen LogP contribution in [0, 0.1) is 6.92 Å². The summed E-state index contributed by atoms with van der Waals surface area (Å²) in [5, 5.41) is 0. The van der Waals surface area contributed by atoms with Gasteiger partial charge in [0.05, 0.1) is 10.5 Å². The van der Waals surface area contributed by atoms with Gasteiger partial charge in [0, 0.05) is 13.1 Å². The number of hydrogen-bond donors (Lipinski definition) is 0. The van der Waals surface area contributed by atoms with E-state index in [-0.39, 0.29) is 11.4 Å². The molecule has 1 aliphatic rings. The fraction of sp³-hybridized carbons (Fsp3) is 0.263. The maximum Gasteiger partial charge on any atom is 0.416 e. The lowest BCUT2D eigenvalue weighted by molar-refractivity contribution is -0.137. The van der Waals surface area contributed by atoms with Crippen molar-refractivity contribution >= 4 is 15.6 Å². The highest BCUT2D eigenvalue weighted by molar-refractivity contribution is 7.89. The lowest BCUT2D eigenvalue weighted by Gasteiger charge is -2.27. The van der Waals surface area contributed by atoms with Gasteiger partial charge < -0.3 is 0 Å². The summed E-state index contributed by atoms with van der Waals surface area (Å²) in [6.45, 7) is 2.37. The molecule has 0 unspecified atom stereocenters. The average molecular weight is 381 g/mol. The Bertz CT molecular complexity index is 915. The molecule has 0 bridgehead atoms. The van der Waals surface area contributed by atoms with E-state index in [1.807, 2.05) is 13.0 Å². The van der Waals surface area contributed by atoms with Crippen molar-refractivity contribution in [3.05, 3.63) is 71.3 Å². The quantitative estimate of drug-likeness (QED) is 0.786. The Morgan fingerprint density at radius 2 is 1.58 bits per heavy atom. The van der Waals surface area contributed by atoms with Crippen molar-refractivity contribution in [1.82, 2.24) is 4.31 Å². The molecule has 1 heterocycles. The molecule has 1 aliphatic heterocycles. The van der Waals surface area contributed by atoms with Gasteiger partial charge in [0.1, 0.15) is 0 Å². The zero-order valence-electron chi connectivity index (χ0n) is 14.1. The van der Waals surface area contributed by atoms with Gasteiger partial charge in [0.25, 0.3) is 0 Å². The Balaban J connectivity index is 1.83. The summed E-state index contributed by atoms with van der Waals surface area (Å²) >= 11 is 0. The van der Waals surface area contributed by atoms with Crippen LogP contribution in [-0.2, 0) is 16.2 Å². The molecule has 0 radical (unpaired) electrons. The van der Waals surface area contributed by atoms with Crippen molar-refractivity contribution in [2.24, 2.45) is 0 Å². The topological polar surface area (TPSA) is 37.4 Å². The summed E-state index contributed by atoms with van der Waals surface area (Å²) in [6, 6.07) is 11.4. The van der Waals surface area contributed by atoms with E-state index < -0.39 is 21.8 Å². The maximum atomic E-state index is 12.8. The Labute approximate surface area is 150 Å². The number of halogens is 3. The molecule has 0 saturated heterocycles. The standard InChI is InChI=1S/C19H18F3NO2S/c1-14-4-10-18(11-5-14)26(24,25)23-12-2-3-16(13-23)15-6-8-17(9-7-15)19(20,21)22/h3-11H,2,12-13H2,1H3. The van der Waals surface area contributed by atoms with E-state index in [0.717, 1.165) is 17.7 Å². The highest BCUT2D eigenvalue weighted by Gasteiger charge is 2.31. The molecule has 0 spiro atoms. The summed E-state index contributed by atoms with van der Waals surface area (Å²) in [5.41, 5.74) is 1.55. The maximum absolute atomic E-state index is 12.8. The van der Waals surface area contributed by atoms with Crippen LogP contribution in [-0.4, -0.2) is 25.8 Å². The Hall–Kier alpha value is -2.12. The largest absolute Gasteiger partial charge is 0.416 e. The second-order valence-electron chi connectivity index (χ2n) is 6.24. The summed E-state index contributed by atoms with van der Waals surface area (Å²) in [6.07, 6.45) is -1.99. The first-order chi connectivity index (χ1) is 12.2. The number of alkyl halides is 3. The van der Waals surface area contributed by atoms with E-state index in [1.165, 1.54) is 16.4 Å². The lowest BCUT2D eigenvalue weighted by Crippen LogP contribution is -2.35. The van der Waals surface area contributed by atoms with Gasteiger partial charge in [-0.15, -0.1) is 0 Å². The van der Waals surface area contributed by atoms with Crippen LogP contribution < -0.4 is 0 Å². The third-order valence-electron chi connectivity index (χ3n) is 4.36. The van der Waals surface area contributed by atoms with Gasteiger partial charge in [-0.3, -0.25) is 0 Å². The molecular weight excluding hydrogens is 363 g/mol. The minimum absolute atomic E-state index is 0.140. The average Bonchev–Trinajstić information content (AvgIpc) is 2.61. The van der Waals surface area contributed by atoms with E-state index in [4.69, 9.17) is 0 Å². The normalized spacial score (nSPS) is 16.4. The summed E-state index contributed by atoms with van der Waals surface area (Å²) < 4.78 is 65.1. The number of rotatable bonds is 3. The van der Waals surface area contributed by atoms with Crippen molar-refractivity contribution in [1.29, 1.82) is 0 Å². The van der Waals surface area contributed by atoms with E-state index >= 15 is 0 Å². The third-order valence-corrected chi connectivity index (χ3v) is 6.22. The van der Waals surface area contributed by atoms with E-state index in [9.17, 15) is 21.6 Å². The second kappa shape index (κ2) is 6.89. The predicted octanol–water partition coefficient (Wildman–Crippen LogP) is 4.49. The highest BCUT2D eigenvalue weighted by Crippen LogP contribution is 2.31. The summed E-state index contributed by atoms with van der Waals surface area (Å²) in [5.74, 6) is 0. The fourth-order valence-corrected chi connectivity index (χ4v) is 4.30. The van der Waals surface area contributed by atoms with Gasteiger partial charge in [-0.05, 0) is 48.7 Å². The molecule has 2 aromatic carbocycles. The number of hydrogen-bond acceptors (Lipinski definition) is 2. The zero-order valence-corrected chi connectivity index (χ0v) is 14.9. The van der Waals surface area contributed by atoms with Gasteiger partial charge in [-0.1, -0.05) is 35.9 Å². The lowest BCUT2D eigenvalue weighted by atomic mass is 10.0. The zero-order chi connectivity index (χ0) is 18.9. The van der Waals surface area contributed by atoms with Crippen LogP contribution in [0.3, 0.4) is 0 Å². The molecule has 3 nitrogen and oxygen atoms in total. The third kappa shape index (κ3) is 3.83. The summed E-state index contributed by atoms with van der Waals surface area (Å²) in [7, 11) is -3.64. The molecule has 3 rings (SSSR count).